The fourth-order valence-corrected chi connectivity index (χ4v) is 2.31. The van der Waals surface area contributed by atoms with Crippen molar-refractivity contribution in [2.24, 2.45) is 11.3 Å². The van der Waals surface area contributed by atoms with Crippen LogP contribution in [0.4, 0.5) is 0 Å². The van der Waals surface area contributed by atoms with Crippen LogP contribution in [-0.4, -0.2) is 22.7 Å². The van der Waals surface area contributed by atoms with E-state index in [1.54, 1.807) is 6.92 Å². The minimum atomic E-state index is -0.469. The molecule has 0 N–H and O–H groups in total. The number of nitrogens with zero attached hydrogens (tertiary/aromatic N) is 2. The van der Waals surface area contributed by atoms with E-state index in [2.05, 4.69) is 24.0 Å². The molecule has 0 aromatic carbocycles. The van der Waals surface area contributed by atoms with E-state index in [1.807, 2.05) is 13.8 Å². The Balaban J connectivity index is 2.17. The number of ether oxygens (including phenoxy) is 1. The van der Waals surface area contributed by atoms with Gasteiger partial charge in [-0.15, -0.1) is 0 Å². The van der Waals surface area contributed by atoms with Gasteiger partial charge < -0.3 is 9.26 Å². The number of hydrogen-bond acceptors (Lipinski definition) is 5. The third kappa shape index (κ3) is 2.80. The molecule has 1 heterocycles. The Labute approximate surface area is 113 Å². The lowest BCUT2D eigenvalue weighted by atomic mass is 9.96. The molecule has 0 bridgehead atoms. The van der Waals surface area contributed by atoms with Crippen LogP contribution in [0.1, 0.15) is 64.6 Å². The molecule has 5 nitrogen and oxygen atoms in total. The topological polar surface area (TPSA) is 65.2 Å². The average Bonchev–Trinajstić information content (AvgIpc) is 2.73. The van der Waals surface area contributed by atoms with Gasteiger partial charge in [0.2, 0.25) is 5.89 Å². The molecule has 0 radical (unpaired) electrons. The molecule has 2 rings (SSSR count). The zero-order valence-corrected chi connectivity index (χ0v) is 12.3. The highest BCUT2D eigenvalue weighted by atomic mass is 16.5. The second-order valence-electron chi connectivity index (χ2n) is 6.21. The van der Waals surface area contributed by atoms with Crippen molar-refractivity contribution in [1.29, 1.82) is 0 Å². The van der Waals surface area contributed by atoms with Gasteiger partial charge >= 0.3 is 5.97 Å². The van der Waals surface area contributed by atoms with Crippen molar-refractivity contribution in [1.82, 2.24) is 10.1 Å². The molecule has 1 aromatic heterocycles. The van der Waals surface area contributed by atoms with E-state index in [4.69, 9.17) is 9.26 Å². The molecular formula is C14H22N2O3. The van der Waals surface area contributed by atoms with Gasteiger partial charge in [0.1, 0.15) is 5.92 Å². The highest BCUT2D eigenvalue weighted by Crippen LogP contribution is 2.57. The number of carbonyl (C=O) groups is 1. The third-order valence-electron chi connectivity index (χ3n) is 3.76. The first-order chi connectivity index (χ1) is 8.86. The van der Waals surface area contributed by atoms with Gasteiger partial charge in [-0.3, -0.25) is 4.79 Å². The van der Waals surface area contributed by atoms with Crippen LogP contribution < -0.4 is 0 Å². The van der Waals surface area contributed by atoms with Gasteiger partial charge in [-0.2, -0.15) is 4.98 Å². The van der Waals surface area contributed by atoms with Crippen LogP contribution in [0.25, 0.3) is 0 Å². The second kappa shape index (κ2) is 4.94. The summed E-state index contributed by atoms with van der Waals surface area (Å²) in [6, 6.07) is 0. The first-order valence-electron chi connectivity index (χ1n) is 6.87. The maximum atomic E-state index is 12.0. The van der Waals surface area contributed by atoms with Crippen molar-refractivity contribution < 1.29 is 14.1 Å². The summed E-state index contributed by atoms with van der Waals surface area (Å²) >= 11 is 0. The molecule has 1 aliphatic carbocycles. The van der Waals surface area contributed by atoms with Crippen LogP contribution in [0.15, 0.2) is 4.52 Å². The molecule has 5 heteroatoms. The van der Waals surface area contributed by atoms with Crippen LogP contribution in [-0.2, 0) is 9.53 Å². The Morgan fingerprint density at radius 2 is 2.16 bits per heavy atom. The van der Waals surface area contributed by atoms with Crippen molar-refractivity contribution in [2.45, 2.75) is 52.9 Å². The molecule has 1 saturated carbocycles. The molecule has 1 aromatic rings. The van der Waals surface area contributed by atoms with Gasteiger partial charge in [-0.25, -0.2) is 0 Å². The summed E-state index contributed by atoms with van der Waals surface area (Å²) < 4.78 is 10.4. The molecule has 1 fully saturated rings. The van der Waals surface area contributed by atoms with Crippen LogP contribution >= 0.6 is 0 Å². The van der Waals surface area contributed by atoms with Gasteiger partial charge in [0, 0.05) is 5.92 Å². The summed E-state index contributed by atoms with van der Waals surface area (Å²) in [6.45, 7) is 10.4. The molecule has 1 aliphatic rings. The maximum Gasteiger partial charge on any atom is 0.318 e. The van der Waals surface area contributed by atoms with E-state index in [0.717, 1.165) is 12.2 Å². The highest BCUT2D eigenvalue weighted by Gasteiger charge is 2.50. The van der Waals surface area contributed by atoms with Crippen molar-refractivity contribution in [2.75, 3.05) is 6.61 Å². The monoisotopic (exact) mass is 266 g/mol. The van der Waals surface area contributed by atoms with Crippen LogP contribution in [0, 0.1) is 11.3 Å². The summed E-state index contributed by atoms with van der Waals surface area (Å²) in [6.07, 6.45) is 1.07. The maximum absolute atomic E-state index is 12.0. The van der Waals surface area contributed by atoms with E-state index in [0.29, 0.717) is 18.4 Å². The van der Waals surface area contributed by atoms with E-state index in [-0.39, 0.29) is 17.3 Å². The normalized spacial score (nSPS) is 22.3. The largest absolute Gasteiger partial charge is 0.465 e. The first kappa shape index (κ1) is 14.0. The lowest BCUT2D eigenvalue weighted by molar-refractivity contribution is -0.146. The predicted octanol–water partition coefficient (Wildman–Crippen LogP) is 2.89. The molecular weight excluding hydrogens is 244 g/mol. The number of rotatable bonds is 5. The van der Waals surface area contributed by atoms with Crippen LogP contribution in [0.3, 0.4) is 0 Å². The lowest BCUT2D eigenvalue weighted by Crippen LogP contribution is -2.21. The molecule has 2 unspecified atom stereocenters. The van der Waals surface area contributed by atoms with E-state index in [1.165, 1.54) is 0 Å². The van der Waals surface area contributed by atoms with Crippen molar-refractivity contribution in [3.63, 3.8) is 0 Å². The highest BCUT2D eigenvalue weighted by molar-refractivity contribution is 5.77. The zero-order valence-electron chi connectivity index (χ0n) is 12.3. The first-order valence-corrected chi connectivity index (χ1v) is 6.87. The quantitative estimate of drug-likeness (QED) is 0.767. The van der Waals surface area contributed by atoms with Crippen molar-refractivity contribution >= 4 is 5.97 Å². The van der Waals surface area contributed by atoms with Crippen molar-refractivity contribution in [3.8, 4) is 0 Å². The third-order valence-corrected chi connectivity index (χ3v) is 3.76. The molecule has 0 amide bonds. The van der Waals surface area contributed by atoms with E-state index < -0.39 is 5.92 Å². The summed E-state index contributed by atoms with van der Waals surface area (Å²) in [5.41, 5.74) is 0.248. The van der Waals surface area contributed by atoms with Gasteiger partial charge in [0.15, 0.2) is 5.82 Å². The zero-order chi connectivity index (χ0) is 14.2. The number of carbonyl (C=O) groups excluding carboxylic acids is 1. The molecule has 0 aliphatic heterocycles. The standard InChI is InChI=1S/C14H22N2O3/c1-6-18-13(17)10(8(2)3)12-15-11(16-19-12)9-7-14(9,4)5/h8-10H,6-7H2,1-5H3. The van der Waals surface area contributed by atoms with Crippen molar-refractivity contribution in [3.05, 3.63) is 11.7 Å². The Kier molecular flexibility index (Phi) is 3.65. The second-order valence-corrected chi connectivity index (χ2v) is 6.21. The Bertz CT molecular complexity index is 465. The molecule has 0 saturated heterocycles. The predicted molar refractivity (Wildman–Crippen MR) is 69.6 cm³/mol. The Morgan fingerprint density at radius 1 is 1.53 bits per heavy atom. The summed E-state index contributed by atoms with van der Waals surface area (Å²) in [5, 5.41) is 4.03. The SMILES string of the molecule is CCOC(=O)C(c1nc(C2CC2(C)C)no1)C(C)C. The summed E-state index contributed by atoms with van der Waals surface area (Å²) in [4.78, 5) is 16.4. The fraction of sp³-hybridized carbons (Fsp3) is 0.786. The van der Waals surface area contributed by atoms with Crippen LogP contribution in [0.5, 0.6) is 0 Å². The van der Waals surface area contributed by atoms with Gasteiger partial charge in [0.05, 0.1) is 6.61 Å². The lowest BCUT2D eigenvalue weighted by Gasteiger charge is -2.14. The van der Waals surface area contributed by atoms with Gasteiger partial charge in [-0.05, 0) is 24.7 Å². The van der Waals surface area contributed by atoms with Gasteiger partial charge in [-0.1, -0.05) is 32.9 Å². The smallest absolute Gasteiger partial charge is 0.318 e. The van der Waals surface area contributed by atoms with E-state index in [9.17, 15) is 4.79 Å². The minimum Gasteiger partial charge on any atom is -0.465 e. The molecule has 19 heavy (non-hydrogen) atoms. The molecule has 2 atom stereocenters. The number of aromatic nitrogens is 2. The molecule has 0 spiro atoms. The Hall–Kier alpha value is -1.39. The Morgan fingerprint density at radius 3 is 2.63 bits per heavy atom. The fourth-order valence-electron chi connectivity index (χ4n) is 2.31. The number of esters is 1. The number of hydrogen-bond donors (Lipinski definition) is 0. The van der Waals surface area contributed by atoms with E-state index >= 15 is 0 Å². The molecule has 106 valence electrons. The summed E-state index contributed by atoms with van der Waals surface area (Å²) in [7, 11) is 0. The average molecular weight is 266 g/mol. The van der Waals surface area contributed by atoms with Crippen LogP contribution in [0.2, 0.25) is 0 Å². The summed E-state index contributed by atoms with van der Waals surface area (Å²) in [5.74, 6) is 0.756. The minimum absolute atomic E-state index is 0.0690. The van der Waals surface area contributed by atoms with Gasteiger partial charge in [0.25, 0.3) is 0 Å².